The molecule has 0 saturated heterocycles. The SMILES string of the molecule is Cc1c(C2=C([O-])/C(=C\C3=[N+](C)c4ccc5ccccc5c4C3(C)C)C2=O)c2ccccc2n1C. The van der Waals surface area contributed by atoms with E-state index in [1.54, 1.807) is 0 Å². The number of hydrogen-bond acceptors (Lipinski definition) is 2. The third kappa shape index (κ3) is 2.48. The lowest BCUT2D eigenvalue weighted by Crippen LogP contribution is -2.33. The van der Waals surface area contributed by atoms with E-state index in [0.29, 0.717) is 5.57 Å². The molecule has 0 amide bonds. The third-order valence-electron chi connectivity index (χ3n) is 7.77. The van der Waals surface area contributed by atoms with Crippen molar-refractivity contribution in [2.75, 3.05) is 7.05 Å². The largest absolute Gasteiger partial charge is 0.871 e. The number of para-hydroxylation sites is 1. The highest BCUT2D eigenvalue weighted by Gasteiger charge is 2.45. The second-order valence-electron chi connectivity index (χ2n) is 9.88. The fraction of sp³-hybridized carbons (Fsp3) is 0.200. The molecule has 0 N–H and O–H groups in total. The van der Waals surface area contributed by atoms with Crippen LogP contribution < -0.4 is 5.11 Å². The Morgan fingerprint density at radius 3 is 2.38 bits per heavy atom. The molecule has 4 aromatic rings. The minimum Gasteiger partial charge on any atom is -0.871 e. The average molecular weight is 447 g/mol. The number of aryl methyl sites for hydroxylation is 1. The Hall–Kier alpha value is -3.92. The van der Waals surface area contributed by atoms with Crippen LogP contribution in [0.1, 0.15) is 30.7 Å². The van der Waals surface area contributed by atoms with E-state index in [2.05, 4.69) is 48.8 Å². The normalized spacial score (nSPS) is 18.4. The minimum atomic E-state index is -0.344. The number of Topliss-reactive ketones (excluding diaryl/α,β-unsaturated/α-hetero) is 1. The topological polar surface area (TPSA) is 48.1 Å². The van der Waals surface area contributed by atoms with Crippen molar-refractivity contribution in [2.24, 2.45) is 7.05 Å². The van der Waals surface area contributed by atoms with Gasteiger partial charge in [0.15, 0.2) is 11.5 Å². The molecule has 2 heterocycles. The lowest BCUT2D eigenvalue weighted by Gasteiger charge is -2.31. The van der Waals surface area contributed by atoms with Gasteiger partial charge in [0.05, 0.1) is 5.41 Å². The van der Waals surface area contributed by atoms with Gasteiger partial charge in [-0.3, -0.25) is 4.79 Å². The summed E-state index contributed by atoms with van der Waals surface area (Å²) >= 11 is 0. The number of fused-ring (bicyclic) bond motifs is 4. The van der Waals surface area contributed by atoms with Gasteiger partial charge in [-0.1, -0.05) is 48.2 Å². The fourth-order valence-electron chi connectivity index (χ4n) is 5.90. The van der Waals surface area contributed by atoms with Gasteiger partial charge in [0.2, 0.25) is 5.69 Å². The van der Waals surface area contributed by atoms with Gasteiger partial charge in [0, 0.05) is 58.1 Å². The molecule has 0 radical (unpaired) electrons. The van der Waals surface area contributed by atoms with E-state index in [-0.39, 0.29) is 22.5 Å². The summed E-state index contributed by atoms with van der Waals surface area (Å²) < 4.78 is 4.17. The zero-order valence-corrected chi connectivity index (χ0v) is 20.1. The van der Waals surface area contributed by atoms with E-state index in [1.807, 2.05) is 62.0 Å². The number of rotatable bonds is 2. The zero-order valence-electron chi connectivity index (χ0n) is 20.1. The third-order valence-corrected chi connectivity index (χ3v) is 7.77. The molecule has 4 nitrogen and oxygen atoms in total. The maximum absolute atomic E-state index is 13.4. The molecule has 0 atom stereocenters. The summed E-state index contributed by atoms with van der Waals surface area (Å²) in [5.74, 6) is -0.330. The van der Waals surface area contributed by atoms with Gasteiger partial charge in [0.25, 0.3) is 0 Å². The maximum Gasteiger partial charge on any atom is 0.210 e. The van der Waals surface area contributed by atoms with Gasteiger partial charge in [-0.05, 0) is 43.7 Å². The number of benzene rings is 3. The summed E-state index contributed by atoms with van der Waals surface area (Å²) in [4.78, 5) is 13.4. The van der Waals surface area contributed by atoms with Gasteiger partial charge in [-0.25, -0.2) is 0 Å². The molecule has 2 aliphatic rings. The summed E-state index contributed by atoms with van der Waals surface area (Å²) in [6.07, 6.45) is 1.82. The number of nitrogens with zero attached hydrogens (tertiary/aromatic N) is 2. The second kappa shape index (κ2) is 6.80. The molecule has 0 saturated carbocycles. The summed E-state index contributed by atoms with van der Waals surface area (Å²) in [6, 6.07) is 20.6. The van der Waals surface area contributed by atoms with Crippen molar-refractivity contribution in [1.29, 1.82) is 0 Å². The highest BCUT2D eigenvalue weighted by molar-refractivity contribution is 6.41. The smallest absolute Gasteiger partial charge is 0.210 e. The number of carbonyl (C=O) groups excluding carboxylic acids is 1. The first kappa shape index (κ1) is 20.7. The van der Waals surface area contributed by atoms with Gasteiger partial charge in [0.1, 0.15) is 7.05 Å². The molecule has 168 valence electrons. The molecule has 1 aliphatic heterocycles. The van der Waals surface area contributed by atoms with E-state index >= 15 is 0 Å². The van der Waals surface area contributed by atoms with E-state index in [9.17, 15) is 9.90 Å². The van der Waals surface area contributed by atoms with E-state index in [0.717, 1.165) is 33.6 Å². The lowest BCUT2D eigenvalue weighted by molar-refractivity contribution is -0.401. The van der Waals surface area contributed by atoms with Crippen molar-refractivity contribution in [1.82, 2.24) is 4.57 Å². The Morgan fingerprint density at radius 1 is 0.971 bits per heavy atom. The van der Waals surface area contributed by atoms with Crippen LogP contribution in [0.3, 0.4) is 0 Å². The number of hydrogen-bond donors (Lipinski definition) is 0. The van der Waals surface area contributed by atoms with Crippen molar-refractivity contribution in [2.45, 2.75) is 26.2 Å². The van der Waals surface area contributed by atoms with Crippen LogP contribution in [-0.2, 0) is 17.3 Å². The monoisotopic (exact) mass is 446 g/mol. The number of aromatic nitrogens is 1. The van der Waals surface area contributed by atoms with Crippen LogP contribution in [0.25, 0.3) is 27.2 Å². The quantitative estimate of drug-likeness (QED) is 0.324. The van der Waals surface area contributed by atoms with Crippen molar-refractivity contribution >= 4 is 44.4 Å². The van der Waals surface area contributed by atoms with E-state index in [4.69, 9.17) is 0 Å². The molecule has 1 aromatic heterocycles. The lowest BCUT2D eigenvalue weighted by atomic mass is 9.76. The van der Waals surface area contributed by atoms with Crippen molar-refractivity contribution in [3.8, 4) is 0 Å². The Bertz CT molecular complexity index is 1680. The molecule has 6 rings (SSSR count). The Morgan fingerprint density at radius 2 is 1.65 bits per heavy atom. The number of allylic oxidation sites excluding steroid dienone is 3. The van der Waals surface area contributed by atoms with E-state index < -0.39 is 0 Å². The Balaban J connectivity index is 1.51. The van der Waals surface area contributed by atoms with Crippen LogP contribution in [-0.4, -0.2) is 27.7 Å². The second-order valence-corrected chi connectivity index (χ2v) is 9.88. The molecule has 34 heavy (non-hydrogen) atoms. The highest BCUT2D eigenvalue weighted by Crippen LogP contribution is 2.46. The van der Waals surface area contributed by atoms with Gasteiger partial charge >= 0.3 is 0 Å². The predicted molar refractivity (Wildman–Crippen MR) is 135 cm³/mol. The van der Waals surface area contributed by atoms with Crippen LogP contribution in [0.2, 0.25) is 0 Å². The molecule has 4 heteroatoms. The van der Waals surface area contributed by atoms with Crippen LogP contribution >= 0.6 is 0 Å². The van der Waals surface area contributed by atoms with E-state index in [1.165, 1.54) is 16.3 Å². The number of ketones is 1. The average Bonchev–Trinajstić information content (AvgIpc) is 3.19. The first-order chi connectivity index (χ1) is 16.2. The fourth-order valence-corrected chi connectivity index (χ4v) is 5.90. The summed E-state index contributed by atoms with van der Waals surface area (Å²) in [5.41, 5.74) is 6.27. The molecule has 0 bridgehead atoms. The molecule has 3 aromatic carbocycles. The number of carbonyl (C=O) groups is 1. The molecular weight excluding hydrogens is 420 g/mol. The Kier molecular flexibility index (Phi) is 4.13. The first-order valence-corrected chi connectivity index (χ1v) is 11.6. The highest BCUT2D eigenvalue weighted by atomic mass is 16.3. The summed E-state index contributed by atoms with van der Waals surface area (Å²) in [5, 5.41) is 16.7. The summed E-state index contributed by atoms with van der Waals surface area (Å²) in [7, 11) is 3.99. The first-order valence-electron chi connectivity index (χ1n) is 11.6. The van der Waals surface area contributed by atoms with Crippen molar-refractivity contribution in [3.63, 3.8) is 0 Å². The van der Waals surface area contributed by atoms with Crippen LogP contribution in [0, 0.1) is 6.92 Å². The molecule has 0 unspecified atom stereocenters. The van der Waals surface area contributed by atoms with Gasteiger partial charge in [-0.15, -0.1) is 0 Å². The van der Waals surface area contributed by atoms with Crippen molar-refractivity contribution < 1.29 is 14.5 Å². The zero-order chi connectivity index (χ0) is 23.9. The minimum absolute atomic E-state index is 0.165. The van der Waals surface area contributed by atoms with Gasteiger partial charge in [-0.2, -0.15) is 4.58 Å². The standard InChI is InChI=1S/C30H26N2O2/c1-17-25(20-12-8-9-13-22(20)31(17)4)26-28(33)21(29(26)34)16-24-30(2,3)27-19-11-7-6-10-18(19)14-15-23(27)32(24)5/h6-16H,1-5H3. The maximum atomic E-state index is 13.4. The molecular formula is C30H26N2O2. The molecule has 1 aliphatic carbocycles. The van der Waals surface area contributed by atoms with Crippen LogP contribution in [0.5, 0.6) is 0 Å². The van der Waals surface area contributed by atoms with Crippen molar-refractivity contribution in [3.05, 3.63) is 94.9 Å². The van der Waals surface area contributed by atoms with Crippen LogP contribution in [0.15, 0.2) is 78.1 Å². The van der Waals surface area contributed by atoms with Gasteiger partial charge < -0.3 is 9.67 Å². The summed E-state index contributed by atoms with van der Waals surface area (Å²) in [6.45, 7) is 6.30. The molecule has 0 spiro atoms. The molecule has 0 fully saturated rings. The Labute approximate surface area is 198 Å². The predicted octanol–water partition coefficient (Wildman–Crippen LogP) is 4.93. The van der Waals surface area contributed by atoms with Crippen LogP contribution in [0.4, 0.5) is 5.69 Å².